The maximum atomic E-state index is 13.1. The summed E-state index contributed by atoms with van der Waals surface area (Å²) in [6, 6.07) is 15.0. The van der Waals surface area contributed by atoms with Gasteiger partial charge in [0.15, 0.2) is 5.76 Å². The molecular formula is C26H26F3N3O3. The van der Waals surface area contributed by atoms with Crippen molar-refractivity contribution in [1.82, 2.24) is 10.1 Å². The Balaban J connectivity index is 1.25. The van der Waals surface area contributed by atoms with Crippen molar-refractivity contribution in [2.45, 2.75) is 32.0 Å². The Hall–Kier alpha value is -3.33. The minimum atomic E-state index is -4.49. The minimum Gasteiger partial charge on any atom is -0.491 e. The summed E-state index contributed by atoms with van der Waals surface area (Å²) in [5, 5.41) is 6.84. The molecule has 184 valence electrons. The lowest BCUT2D eigenvalue weighted by Gasteiger charge is -2.38. The van der Waals surface area contributed by atoms with Gasteiger partial charge in [0.2, 0.25) is 5.91 Å². The number of alkyl halides is 3. The second-order valence-corrected chi connectivity index (χ2v) is 9.19. The number of nitrogens with zero attached hydrogens (tertiary/aromatic N) is 2. The van der Waals surface area contributed by atoms with Crippen molar-refractivity contribution in [3.63, 3.8) is 0 Å². The summed E-state index contributed by atoms with van der Waals surface area (Å²) in [5.74, 6) is 1.11. The van der Waals surface area contributed by atoms with Gasteiger partial charge in [-0.05, 0) is 49.4 Å². The number of ether oxygens (including phenoxy) is 1. The fourth-order valence-corrected chi connectivity index (χ4v) is 4.94. The number of fused-ring (bicyclic) bond motifs is 2. The zero-order chi connectivity index (χ0) is 24.4. The van der Waals surface area contributed by atoms with Gasteiger partial charge in [-0.2, -0.15) is 13.2 Å². The van der Waals surface area contributed by atoms with Crippen LogP contribution in [0.4, 0.5) is 18.9 Å². The summed E-state index contributed by atoms with van der Waals surface area (Å²) in [7, 11) is 0. The van der Waals surface area contributed by atoms with E-state index in [0.29, 0.717) is 19.6 Å². The van der Waals surface area contributed by atoms with Gasteiger partial charge in [0.25, 0.3) is 0 Å². The van der Waals surface area contributed by atoms with E-state index in [1.807, 2.05) is 36.4 Å². The number of amides is 1. The topological polar surface area (TPSA) is 67.6 Å². The zero-order valence-corrected chi connectivity index (χ0v) is 19.1. The highest BCUT2D eigenvalue weighted by Crippen LogP contribution is 2.37. The van der Waals surface area contributed by atoms with Gasteiger partial charge in [0, 0.05) is 24.6 Å². The molecule has 1 N–H and O–H groups in total. The molecule has 2 aliphatic heterocycles. The van der Waals surface area contributed by atoms with E-state index in [4.69, 9.17) is 9.26 Å². The molecule has 2 aliphatic rings. The van der Waals surface area contributed by atoms with E-state index in [-0.39, 0.29) is 35.6 Å². The van der Waals surface area contributed by atoms with Crippen LogP contribution in [0.1, 0.15) is 30.6 Å². The predicted molar refractivity (Wildman–Crippen MR) is 124 cm³/mol. The van der Waals surface area contributed by atoms with Gasteiger partial charge in [-0.25, -0.2) is 0 Å². The molecular weight excluding hydrogens is 459 g/mol. The minimum absolute atomic E-state index is 0.0697. The molecule has 1 fully saturated rings. The second-order valence-electron chi connectivity index (χ2n) is 9.19. The third-order valence-electron chi connectivity index (χ3n) is 6.76. The van der Waals surface area contributed by atoms with Gasteiger partial charge < -0.3 is 14.6 Å². The fraction of sp³-hybridized carbons (Fsp3) is 0.385. The smallest absolute Gasteiger partial charge is 0.416 e. The van der Waals surface area contributed by atoms with Crippen molar-refractivity contribution >= 4 is 11.6 Å². The average Bonchev–Trinajstić information content (AvgIpc) is 3.30. The molecule has 1 saturated heterocycles. The number of halogens is 3. The van der Waals surface area contributed by atoms with E-state index in [1.54, 1.807) is 0 Å². The molecule has 3 heterocycles. The van der Waals surface area contributed by atoms with Crippen LogP contribution in [-0.4, -0.2) is 35.7 Å². The average molecular weight is 486 g/mol. The molecule has 1 amide bonds. The van der Waals surface area contributed by atoms with Crippen LogP contribution >= 0.6 is 0 Å². The van der Waals surface area contributed by atoms with Crippen molar-refractivity contribution in [3.05, 3.63) is 65.9 Å². The van der Waals surface area contributed by atoms with Crippen LogP contribution in [0.5, 0.6) is 5.75 Å². The van der Waals surface area contributed by atoms with Gasteiger partial charge in [0.05, 0.1) is 24.4 Å². The van der Waals surface area contributed by atoms with Gasteiger partial charge in [-0.15, -0.1) is 0 Å². The Morgan fingerprint density at radius 1 is 1.06 bits per heavy atom. The summed E-state index contributed by atoms with van der Waals surface area (Å²) < 4.78 is 50.7. The van der Waals surface area contributed by atoms with Crippen molar-refractivity contribution in [3.8, 4) is 17.0 Å². The zero-order valence-electron chi connectivity index (χ0n) is 19.1. The number of anilines is 1. The number of hydrogen-bond acceptors (Lipinski definition) is 5. The molecule has 0 unspecified atom stereocenters. The van der Waals surface area contributed by atoms with Crippen LogP contribution < -0.4 is 10.1 Å². The first-order valence-electron chi connectivity index (χ1n) is 11.7. The van der Waals surface area contributed by atoms with Gasteiger partial charge in [0.1, 0.15) is 11.4 Å². The molecule has 0 radical (unpaired) electrons. The predicted octanol–water partition coefficient (Wildman–Crippen LogP) is 5.61. The molecule has 35 heavy (non-hydrogen) atoms. The summed E-state index contributed by atoms with van der Waals surface area (Å²) in [4.78, 5) is 15.0. The highest BCUT2D eigenvalue weighted by molar-refractivity contribution is 5.92. The molecule has 2 aromatic carbocycles. The Bertz CT molecular complexity index is 1180. The van der Waals surface area contributed by atoms with Gasteiger partial charge in [-0.1, -0.05) is 35.5 Å². The molecule has 0 bridgehead atoms. The van der Waals surface area contributed by atoms with E-state index >= 15 is 0 Å². The Morgan fingerprint density at radius 3 is 2.69 bits per heavy atom. The molecule has 0 saturated carbocycles. The van der Waals surface area contributed by atoms with Crippen LogP contribution in [0.2, 0.25) is 0 Å². The molecule has 0 aliphatic carbocycles. The third-order valence-corrected chi connectivity index (χ3v) is 6.76. The molecule has 9 heteroatoms. The Labute approximate surface area is 201 Å². The molecule has 2 atom stereocenters. The van der Waals surface area contributed by atoms with E-state index in [2.05, 4.69) is 15.4 Å². The number of nitrogens with one attached hydrogen (secondary N) is 1. The third kappa shape index (κ3) is 5.51. The molecule has 6 nitrogen and oxygen atoms in total. The summed E-state index contributed by atoms with van der Waals surface area (Å²) in [6.07, 6.45) is -2.69. The highest BCUT2D eigenvalue weighted by Gasteiger charge is 2.34. The van der Waals surface area contributed by atoms with E-state index < -0.39 is 11.7 Å². The molecule has 0 spiro atoms. The van der Waals surface area contributed by atoms with E-state index in [1.165, 1.54) is 6.07 Å². The van der Waals surface area contributed by atoms with E-state index in [0.717, 1.165) is 48.7 Å². The maximum absolute atomic E-state index is 13.1. The standard InChI is InChI=1S/C26H26F3N3O3/c27-26(28,29)20-6-7-24-23(13-20)30-25(33)12-18-8-10-32(15-19(18)9-11-34-24)16-21-14-22(31-35-21)17-4-2-1-3-5-17/h1-7,13-14,18-19H,8-12,15-16H2,(H,30,33)/t18-,19-/m0/s1. The number of carbonyl (C=O) groups is 1. The first-order valence-corrected chi connectivity index (χ1v) is 11.7. The number of carbonyl (C=O) groups excluding carboxylic acids is 1. The maximum Gasteiger partial charge on any atom is 0.416 e. The lowest BCUT2D eigenvalue weighted by atomic mass is 9.81. The number of benzene rings is 2. The highest BCUT2D eigenvalue weighted by atomic mass is 19.4. The van der Waals surface area contributed by atoms with Crippen LogP contribution in [0.3, 0.4) is 0 Å². The number of rotatable bonds is 3. The van der Waals surface area contributed by atoms with Crippen LogP contribution in [0, 0.1) is 11.8 Å². The molecule has 5 rings (SSSR count). The monoisotopic (exact) mass is 485 g/mol. The second kappa shape index (κ2) is 9.73. The lowest BCUT2D eigenvalue weighted by Crippen LogP contribution is -2.42. The normalized spacial score (nSPS) is 21.4. The summed E-state index contributed by atoms with van der Waals surface area (Å²) >= 11 is 0. The number of hydrogen-bond donors (Lipinski definition) is 1. The summed E-state index contributed by atoms with van der Waals surface area (Å²) in [6.45, 7) is 2.57. The summed E-state index contributed by atoms with van der Waals surface area (Å²) in [5.41, 5.74) is 1.05. The quantitative estimate of drug-likeness (QED) is 0.522. The van der Waals surface area contributed by atoms with E-state index in [9.17, 15) is 18.0 Å². The largest absolute Gasteiger partial charge is 0.491 e. The first-order chi connectivity index (χ1) is 16.8. The van der Waals surface area contributed by atoms with Gasteiger partial charge in [-0.3, -0.25) is 9.69 Å². The van der Waals surface area contributed by atoms with Crippen LogP contribution in [0.15, 0.2) is 59.1 Å². The van der Waals surface area contributed by atoms with Crippen LogP contribution in [-0.2, 0) is 17.5 Å². The molecule has 3 aromatic rings. The van der Waals surface area contributed by atoms with Crippen molar-refractivity contribution in [1.29, 1.82) is 0 Å². The Morgan fingerprint density at radius 2 is 1.89 bits per heavy atom. The number of aromatic nitrogens is 1. The first kappa shape index (κ1) is 23.4. The van der Waals surface area contributed by atoms with Gasteiger partial charge >= 0.3 is 6.18 Å². The SMILES string of the molecule is O=C1C[C@@H]2CCN(Cc3cc(-c4ccccc4)no3)C[C@@H]2CCOc2ccc(C(F)(F)F)cc2N1. The number of likely N-dealkylation sites (tertiary alicyclic amines) is 1. The van der Waals surface area contributed by atoms with Crippen LogP contribution in [0.25, 0.3) is 11.3 Å². The lowest BCUT2D eigenvalue weighted by molar-refractivity contribution is -0.137. The molecule has 1 aromatic heterocycles. The van der Waals surface area contributed by atoms with Crippen molar-refractivity contribution in [2.24, 2.45) is 11.8 Å². The van der Waals surface area contributed by atoms with Crippen molar-refractivity contribution in [2.75, 3.05) is 25.0 Å². The van der Waals surface area contributed by atoms with Crippen molar-refractivity contribution < 1.29 is 27.2 Å². The number of piperidine rings is 1. The Kier molecular flexibility index (Phi) is 6.51. The fourth-order valence-electron chi connectivity index (χ4n) is 4.94.